The van der Waals surface area contributed by atoms with Crippen molar-refractivity contribution in [1.29, 1.82) is 0 Å². The molecule has 4 rings (SSSR count). The second-order valence-corrected chi connectivity index (χ2v) is 10.4. The van der Waals surface area contributed by atoms with Crippen molar-refractivity contribution in [3.05, 3.63) is 29.8 Å². The fraction of sp³-hybridized carbons (Fsp3) is 0.650. The Morgan fingerprint density at radius 1 is 1.13 bits per heavy atom. The summed E-state index contributed by atoms with van der Waals surface area (Å²) in [5, 5.41) is 9.07. The van der Waals surface area contributed by atoms with Crippen LogP contribution in [0, 0.1) is 5.41 Å². The minimum Gasteiger partial charge on any atom is -0.465 e. The van der Waals surface area contributed by atoms with Gasteiger partial charge >= 0.3 is 21.7 Å². The highest BCUT2D eigenvalue weighted by atomic mass is 32.2. The van der Waals surface area contributed by atoms with E-state index in [9.17, 15) is 26.4 Å². The molecule has 3 fully saturated rings. The van der Waals surface area contributed by atoms with Crippen LogP contribution in [-0.4, -0.2) is 67.1 Å². The Morgan fingerprint density at radius 3 is 2.39 bits per heavy atom. The molecule has 1 saturated carbocycles. The predicted molar refractivity (Wildman–Crippen MR) is 105 cm³/mol. The third-order valence-corrected chi connectivity index (χ3v) is 7.85. The van der Waals surface area contributed by atoms with E-state index in [2.05, 4.69) is 9.08 Å². The largest absolute Gasteiger partial charge is 0.534 e. The molecular formula is C20H25F3N2O5S. The van der Waals surface area contributed by atoms with Crippen LogP contribution in [0.15, 0.2) is 24.3 Å². The van der Waals surface area contributed by atoms with Crippen molar-refractivity contribution in [3.8, 4) is 5.75 Å². The van der Waals surface area contributed by atoms with Crippen molar-refractivity contribution in [3.63, 3.8) is 0 Å². The van der Waals surface area contributed by atoms with Gasteiger partial charge < -0.3 is 19.1 Å². The molecule has 11 heteroatoms. The third kappa shape index (κ3) is 4.34. The molecule has 0 bridgehead atoms. The summed E-state index contributed by atoms with van der Waals surface area (Å²) < 4.78 is 65.5. The lowest BCUT2D eigenvalue weighted by atomic mass is 9.78. The fourth-order valence-electron chi connectivity index (χ4n) is 5.31. The van der Waals surface area contributed by atoms with E-state index in [4.69, 9.17) is 5.11 Å². The number of carboxylic acid groups (broad SMARTS) is 1. The maximum absolute atomic E-state index is 12.7. The van der Waals surface area contributed by atoms with Gasteiger partial charge in [-0.2, -0.15) is 21.6 Å². The summed E-state index contributed by atoms with van der Waals surface area (Å²) in [4.78, 5) is 14.9. The Bertz CT molecular complexity index is 938. The number of halogens is 3. The van der Waals surface area contributed by atoms with Crippen LogP contribution < -0.4 is 4.18 Å². The van der Waals surface area contributed by atoms with Crippen LogP contribution in [0.25, 0.3) is 0 Å². The van der Waals surface area contributed by atoms with Crippen LogP contribution in [0.2, 0.25) is 0 Å². The van der Waals surface area contributed by atoms with E-state index in [1.165, 1.54) is 17.0 Å². The Hall–Kier alpha value is -2.01. The zero-order valence-corrected chi connectivity index (χ0v) is 17.7. The van der Waals surface area contributed by atoms with Crippen LogP contribution >= 0.6 is 0 Å². The molecular weight excluding hydrogens is 437 g/mol. The molecule has 1 aromatic carbocycles. The first-order chi connectivity index (χ1) is 14.5. The summed E-state index contributed by atoms with van der Waals surface area (Å²) in [5.74, 6) is -0.348. The fourth-order valence-corrected chi connectivity index (χ4v) is 5.79. The second kappa shape index (κ2) is 7.84. The summed E-state index contributed by atoms with van der Waals surface area (Å²) in [5.41, 5.74) is -4.90. The number of rotatable bonds is 4. The van der Waals surface area contributed by atoms with E-state index in [-0.39, 0.29) is 17.1 Å². The van der Waals surface area contributed by atoms with E-state index in [0.29, 0.717) is 37.5 Å². The molecule has 172 valence electrons. The third-order valence-electron chi connectivity index (χ3n) is 6.89. The van der Waals surface area contributed by atoms with Gasteiger partial charge in [0.2, 0.25) is 0 Å². The average molecular weight is 462 g/mol. The number of benzene rings is 1. The highest BCUT2D eigenvalue weighted by Gasteiger charge is 2.51. The molecule has 0 unspecified atom stereocenters. The Morgan fingerprint density at radius 2 is 1.77 bits per heavy atom. The van der Waals surface area contributed by atoms with Gasteiger partial charge in [-0.15, -0.1) is 0 Å². The van der Waals surface area contributed by atoms with Crippen LogP contribution in [0.1, 0.15) is 43.6 Å². The van der Waals surface area contributed by atoms with Crippen LogP contribution in [0.4, 0.5) is 18.0 Å². The van der Waals surface area contributed by atoms with E-state index in [1.807, 2.05) is 0 Å². The molecule has 0 radical (unpaired) electrons. The maximum Gasteiger partial charge on any atom is 0.534 e. The Balaban J connectivity index is 1.37. The van der Waals surface area contributed by atoms with Crippen molar-refractivity contribution in [2.24, 2.45) is 5.41 Å². The number of hydrogen-bond donors (Lipinski definition) is 1. The zero-order valence-electron chi connectivity index (χ0n) is 16.8. The Labute approximate surface area is 178 Å². The van der Waals surface area contributed by atoms with Gasteiger partial charge in [0.1, 0.15) is 5.75 Å². The van der Waals surface area contributed by atoms with E-state index in [1.54, 1.807) is 12.1 Å². The molecule has 31 heavy (non-hydrogen) atoms. The van der Waals surface area contributed by atoms with Gasteiger partial charge in [-0.05, 0) is 62.7 Å². The van der Waals surface area contributed by atoms with Crippen molar-refractivity contribution < 1.29 is 35.7 Å². The van der Waals surface area contributed by atoms with E-state index in [0.717, 1.165) is 32.4 Å². The average Bonchev–Trinajstić information content (AvgIpc) is 3.12. The number of para-hydroxylation sites is 1. The first-order valence-corrected chi connectivity index (χ1v) is 11.7. The number of hydrogen-bond acceptors (Lipinski definition) is 5. The molecule has 0 aromatic heterocycles. The van der Waals surface area contributed by atoms with Gasteiger partial charge in [-0.25, -0.2) is 4.79 Å². The van der Waals surface area contributed by atoms with Gasteiger partial charge in [0.25, 0.3) is 0 Å². The molecule has 3 aliphatic rings. The highest BCUT2D eigenvalue weighted by molar-refractivity contribution is 7.88. The summed E-state index contributed by atoms with van der Waals surface area (Å²) in [7, 11) is -5.71. The molecule has 1 spiro atoms. The standard InChI is InChI=1S/C20H25F3N2O5S/c21-20(22,23)31(28,29)30-17-4-2-1-3-16(17)14-6-9-24(10-7-14)15-5-8-19(11-15)12-25(13-19)18(26)27/h1-4,14-15H,5-13H2,(H,26,27)/t15-/m1/s1. The molecule has 7 nitrogen and oxygen atoms in total. The summed E-state index contributed by atoms with van der Waals surface area (Å²) in [6.45, 7) is 2.70. The number of amides is 1. The second-order valence-electron chi connectivity index (χ2n) is 8.87. The smallest absolute Gasteiger partial charge is 0.465 e. The number of nitrogens with zero attached hydrogens (tertiary/aromatic N) is 2. The minimum absolute atomic E-state index is 0.0857. The van der Waals surface area contributed by atoms with Crippen molar-refractivity contribution >= 4 is 16.2 Å². The van der Waals surface area contributed by atoms with Gasteiger partial charge in [0.05, 0.1) is 0 Å². The molecule has 2 aliphatic heterocycles. The maximum atomic E-state index is 12.7. The van der Waals surface area contributed by atoms with E-state index < -0.39 is 21.7 Å². The predicted octanol–water partition coefficient (Wildman–Crippen LogP) is 3.63. The molecule has 1 N–H and O–H groups in total. The lowest BCUT2D eigenvalue weighted by molar-refractivity contribution is -0.0500. The van der Waals surface area contributed by atoms with Gasteiger partial charge in [-0.1, -0.05) is 18.2 Å². The number of alkyl halides is 3. The topological polar surface area (TPSA) is 87.2 Å². The summed E-state index contributed by atoms with van der Waals surface area (Å²) in [6.07, 6.45) is 3.50. The number of carbonyl (C=O) groups is 1. The summed E-state index contributed by atoms with van der Waals surface area (Å²) >= 11 is 0. The van der Waals surface area contributed by atoms with E-state index >= 15 is 0 Å². The van der Waals surface area contributed by atoms with Gasteiger partial charge in [0, 0.05) is 24.5 Å². The van der Waals surface area contributed by atoms with Gasteiger partial charge in [0.15, 0.2) is 0 Å². The lowest BCUT2D eigenvalue weighted by Crippen LogP contribution is -2.57. The molecule has 1 aliphatic carbocycles. The monoisotopic (exact) mass is 462 g/mol. The minimum atomic E-state index is -5.71. The summed E-state index contributed by atoms with van der Waals surface area (Å²) in [6, 6.07) is 6.39. The molecule has 1 amide bonds. The SMILES string of the molecule is O=C(O)N1CC2(CC[C@@H](N3CCC(c4ccccc4OS(=O)(=O)C(F)(F)F)CC3)C2)C1. The molecule has 2 saturated heterocycles. The Kier molecular flexibility index (Phi) is 5.61. The first kappa shape index (κ1) is 22.2. The van der Waals surface area contributed by atoms with Crippen molar-refractivity contribution in [2.75, 3.05) is 26.2 Å². The van der Waals surface area contributed by atoms with Crippen molar-refractivity contribution in [2.45, 2.75) is 49.6 Å². The molecule has 1 aromatic rings. The van der Waals surface area contributed by atoms with Crippen LogP contribution in [0.5, 0.6) is 5.75 Å². The molecule has 1 atom stereocenters. The van der Waals surface area contributed by atoms with Gasteiger partial charge in [-0.3, -0.25) is 0 Å². The first-order valence-electron chi connectivity index (χ1n) is 10.3. The lowest BCUT2D eigenvalue weighted by Gasteiger charge is -2.47. The van der Waals surface area contributed by atoms with Crippen LogP contribution in [-0.2, 0) is 10.1 Å². The quantitative estimate of drug-likeness (QED) is 0.543. The normalized spacial score (nSPS) is 24.9. The zero-order chi connectivity index (χ0) is 22.4. The molecule has 2 heterocycles. The van der Waals surface area contributed by atoms with Crippen molar-refractivity contribution in [1.82, 2.24) is 9.80 Å². The highest BCUT2D eigenvalue weighted by Crippen LogP contribution is 2.48. The number of likely N-dealkylation sites (tertiary alicyclic amines) is 2. The number of piperidine rings is 1. The van der Waals surface area contributed by atoms with Crippen LogP contribution in [0.3, 0.4) is 0 Å².